The lowest BCUT2D eigenvalue weighted by molar-refractivity contribution is -0.116. The lowest BCUT2D eigenvalue weighted by Gasteiger charge is -2.08. The summed E-state index contributed by atoms with van der Waals surface area (Å²) in [7, 11) is 0. The van der Waals surface area contributed by atoms with E-state index in [-0.39, 0.29) is 5.91 Å². The van der Waals surface area contributed by atoms with Crippen LogP contribution in [-0.4, -0.2) is 23.2 Å². The van der Waals surface area contributed by atoms with Crippen LogP contribution in [0.3, 0.4) is 0 Å². The first-order chi connectivity index (χ1) is 14.0. The molecule has 3 N–H and O–H groups in total. The number of anilines is 3. The molecule has 0 aliphatic carbocycles. The maximum absolute atomic E-state index is 12.2. The van der Waals surface area contributed by atoms with Gasteiger partial charge in [-0.2, -0.15) is 0 Å². The largest absolute Gasteiger partial charge is 0.325 e. The smallest absolute Gasteiger partial charge is 0.325 e. The average molecular weight is 447 g/mol. The van der Waals surface area contributed by atoms with Crippen molar-refractivity contribution in [2.45, 2.75) is 17.7 Å². The fourth-order valence-electron chi connectivity index (χ4n) is 2.51. The lowest BCUT2D eigenvalue weighted by atomic mass is 10.2. The summed E-state index contributed by atoms with van der Waals surface area (Å²) in [6, 6.07) is 14.2. The van der Waals surface area contributed by atoms with Crippen molar-refractivity contribution in [3.05, 3.63) is 64.6 Å². The highest BCUT2D eigenvalue weighted by Gasteiger charge is 2.10. The predicted octanol–water partition coefficient (Wildman–Crippen LogP) is 5.73. The van der Waals surface area contributed by atoms with Gasteiger partial charge in [-0.25, -0.2) is 9.78 Å². The van der Waals surface area contributed by atoms with Crippen LogP contribution in [0.2, 0.25) is 5.02 Å². The van der Waals surface area contributed by atoms with Gasteiger partial charge in [-0.05, 0) is 43.0 Å². The molecule has 0 bridgehead atoms. The van der Waals surface area contributed by atoms with Crippen LogP contribution < -0.4 is 16.0 Å². The molecule has 0 saturated heterocycles. The molecule has 1 heterocycles. The number of thioether (sulfide) groups is 1. The minimum absolute atomic E-state index is 0.0762. The van der Waals surface area contributed by atoms with E-state index < -0.39 is 6.03 Å². The fraction of sp³-hybridized carbons (Fsp3) is 0.150. The van der Waals surface area contributed by atoms with Gasteiger partial charge in [0.2, 0.25) is 5.91 Å². The van der Waals surface area contributed by atoms with Crippen molar-refractivity contribution < 1.29 is 9.59 Å². The Morgan fingerprint density at radius 1 is 1.10 bits per heavy atom. The van der Waals surface area contributed by atoms with Gasteiger partial charge >= 0.3 is 6.03 Å². The summed E-state index contributed by atoms with van der Waals surface area (Å²) in [6.45, 7) is 0. The maximum Gasteiger partial charge on any atom is 0.325 e. The highest BCUT2D eigenvalue weighted by atomic mass is 35.5. The number of halogens is 1. The number of urea groups is 1. The Morgan fingerprint density at radius 2 is 1.93 bits per heavy atom. The molecule has 0 radical (unpaired) electrons. The monoisotopic (exact) mass is 446 g/mol. The van der Waals surface area contributed by atoms with E-state index in [0.29, 0.717) is 28.7 Å². The fourth-order valence-corrected chi connectivity index (χ4v) is 3.99. The molecule has 9 heteroatoms. The van der Waals surface area contributed by atoms with Gasteiger partial charge in [0, 0.05) is 27.4 Å². The van der Waals surface area contributed by atoms with E-state index in [9.17, 15) is 9.59 Å². The summed E-state index contributed by atoms with van der Waals surface area (Å²) < 4.78 is 0. The van der Waals surface area contributed by atoms with E-state index in [1.807, 2.05) is 35.9 Å². The van der Waals surface area contributed by atoms with Gasteiger partial charge in [-0.15, -0.1) is 23.1 Å². The van der Waals surface area contributed by atoms with E-state index in [1.165, 1.54) is 11.3 Å². The number of carbonyl (C=O) groups excluding carboxylic acids is 2. The standard InChI is InChI=1S/C20H19ClN4O2S2/c1-28-17-8-3-2-7-16(17)24-18(26)10-9-15-12-29-20(23-15)25-19(27)22-14-6-4-5-13(21)11-14/h2-8,11-12H,9-10H2,1H3,(H,24,26)(H2,22,23,25,27). The number of nitrogens with zero attached hydrogens (tertiary/aromatic N) is 1. The third-order valence-electron chi connectivity index (χ3n) is 3.84. The second-order valence-electron chi connectivity index (χ2n) is 5.98. The molecule has 0 unspecified atom stereocenters. The van der Waals surface area contributed by atoms with Crippen LogP contribution in [0, 0.1) is 0 Å². The number of aryl methyl sites for hydroxylation is 1. The van der Waals surface area contributed by atoms with Crippen LogP contribution >= 0.6 is 34.7 Å². The first kappa shape index (κ1) is 21.2. The molecule has 6 nitrogen and oxygen atoms in total. The number of aromatic nitrogens is 1. The molecule has 3 amide bonds. The molecular weight excluding hydrogens is 428 g/mol. The van der Waals surface area contributed by atoms with E-state index in [2.05, 4.69) is 20.9 Å². The van der Waals surface area contributed by atoms with E-state index in [0.717, 1.165) is 16.3 Å². The van der Waals surface area contributed by atoms with Crippen LogP contribution in [0.4, 0.5) is 21.3 Å². The van der Waals surface area contributed by atoms with Gasteiger partial charge in [0.15, 0.2) is 5.13 Å². The number of hydrogen-bond acceptors (Lipinski definition) is 5. The minimum atomic E-state index is -0.403. The number of benzene rings is 2. The number of rotatable bonds is 7. The van der Waals surface area contributed by atoms with Crippen molar-refractivity contribution in [1.29, 1.82) is 0 Å². The van der Waals surface area contributed by atoms with Gasteiger partial charge < -0.3 is 10.6 Å². The molecule has 0 aliphatic heterocycles. The number of nitrogens with one attached hydrogen (secondary N) is 3. The van der Waals surface area contributed by atoms with Crippen molar-refractivity contribution in [3.63, 3.8) is 0 Å². The minimum Gasteiger partial charge on any atom is -0.325 e. The number of para-hydroxylation sites is 1. The van der Waals surface area contributed by atoms with Crippen molar-refractivity contribution in [2.24, 2.45) is 0 Å². The van der Waals surface area contributed by atoms with E-state index in [1.54, 1.807) is 36.0 Å². The number of thiazole rings is 1. The Hall–Kier alpha value is -2.55. The third-order valence-corrected chi connectivity index (χ3v) is 5.68. The number of carbonyl (C=O) groups is 2. The van der Waals surface area contributed by atoms with Crippen molar-refractivity contribution >= 4 is 63.1 Å². The highest BCUT2D eigenvalue weighted by Crippen LogP contribution is 2.25. The van der Waals surface area contributed by atoms with Crippen LogP contribution in [0.1, 0.15) is 12.1 Å². The van der Waals surface area contributed by atoms with Crippen molar-refractivity contribution in [2.75, 3.05) is 22.2 Å². The molecule has 150 valence electrons. The first-order valence-electron chi connectivity index (χ1n) is 8.74. The molecule has 0 aliphatic rings. The number of amides is 3. The molecule has 1 aromatic heterocycles. The molecule has 0 fully saturated rings. The third kappa shape index (κ3) is 6.49. The SMILES string of the molecule is CSc1ccccc1NC(=O)CCc1csc(NC(=O)Nc2cccc(Cl)c2)n1. The van der Waals surface area contributed by atoms with Crippen LogP contribution in [0.5, 0.6) is 0 Å². The Balaban J connectivity index is 1.48. The number of hydrogen-bond donors (Lipinski definition) is 3. The molecule has 2 aromatic carbocycles. The van der Waals surface area contributed by atoms with E-state index in [4.69, 9.17) is 11.6 Å². The normalized spacial score (nSPS) is 10.4. The summed E-state index contributed by atoms with van der Waals surface area (Å²) >= 11 is 8.80. The maximum atomic E-state index is 12.2. The van der Waals surface area contributed by atoms with Crippen molar-refractivity contribution in [1.82, 2.24) is 4.98 Å². The van der Waals surface area contributed by atoms with Gasteiger partial charge in [-0.3, -0.25) is 10.1 Å². The zero-order valence-corrected chi connectivity index (χ0v) is 18.0. The summed E-state index contributed by atoms with van der Waals surface area (Å²) in [5.41, 5.74) is 2.15. The molecular formula is C20H19ClN4O2S2. The Labute approximate surface area is 182 Å². The molecule has 3 aromatic rings. The second kappa shape index (κ2) is 10.3. The lowest BCUT2D eigenvalue weighted by Crippen LogP contribution is -2.19. The zero-order valence-electron chi connectivity index (χ0n) is 15.6. The van der Waals surface area contributed by atoms with Gasteiger partial charge in [-0.1, -0.05) is 29.8 Å². The second-order valence-corrected chi connectivity index (χ2v) is 8.12. The first-order valence-corrected chi connectivity index (χ1v) is 11.2. The van der Waals surface area contributed by atoms with Crippen LogP contribution in [0.15, 0.2) is 58.8 Å². The Kier molecular flexibility index (Phi) is 7.51. The average Bonchev–Trinajstić information content (AvgIpc) is 3.14. The predicted molar refractivity (Wildman–Crippen MR) is 121 cm³/mol. The summed E-state index contributed by atoms with van der Waals surface area (Å²) in [4.78, 5) is 29.7. The summed E-state index contributed by atoms with van der Waals surface area (Å²) in [5, 5.41) is 11.1. The Bertz CT molecular complexity index is 1010. The topological polar surface area (TPSA) is 83.1 Å². The summed E-state index contributed by atoms with van der Waals surface area (Å²) in [6.07, 6.45) is 2.76. The van der Waals surface area contributed by atoms with E-state index >= 15 is 0 Å². The molecule has 0 saturated carbocycles. The molecule has 3 rings (SSSR count). The molecule has 0 spiro atoms. The highest BCUT2D eigenvalue weighted by molar-refractivity contribution is 7.98. The van der Waals surface area contributed by atoms with Gasteiger partial charge in [0.25, 0.3) is 0 Å². The zero-order chi connectivity index (χ0) is 20.6. The van der Waals surface area contributed by atoms with Gasteiger partial charge in [0.05, 0.1) is 11.4 Å². The Morgan fingerprint density at radius 3 is 2.72 bits per heavy atom. The molecule has 29 heavy (non-hydrogen) atoms. The van der Waals surface area contributed by atoms with Gasteiger partial charge in [0.1, 0.15) is 0 Å². The van der Waals surface area contributed by atoms with Crippen LogP contribution in [-0.2, 0) is 11.2 Å². The summed E-state index contributed by atoms with van der Waals surface area (Å²) in [5.74, 6) is -0.0762. The van der Waals surface area contributed by atoms with Crippen molar-refractivity contribution in [3.8, 4) is 0 Å². The quantitative estimate of drug-likeness (QED) is 0.404. The van der Waals surface area contributed by atoms with Crippen LogP contribution in [0.25, 0.3) is 0 Å². The molecule has 0 atom stereocenters.